The molecule has 0 atom stereocenters. The smallest absolute Gasteiger partial charge is 0.263 e. The number of rotatable bonds is 4. The van der Waals surface area contributed by atoms with Gasteiger partial charge in [-0.25, -0.2) is 0 Å². The van der Waals surface area contributed by atoms with E-state index in [9.17, 15) is 14.4 Å². The topological polar surface area (TPSA) is 66.5 Å². The van der Waals surface area contributed by atoms with Crippen molar-refractivity contribution >= 4 is 35.0 Å². The normalized spacial score (nSPS) is 13.7. The molecule has 1 heterocycles. The second-order valence-electron chi connectivity index (χ2n) is 7.52. The Morgan fingerprint density at radius 3 is 2.41 bits per heavy atom. The number of fused-ring (bicyclic) bond motifs is 1. The molecule has 140 valence electrons. The second kappa shape index (κ2) is 7.16. The van der Waals surface area contributed by atoms with Gasteiger partial charge in [0, 0.05) is 18.7 Å². The van der Waals surface area contributed by atoms with E-state index in [1.54, 1.807) is 18.2 Å². The predicted molar refractivity (Wildman–Crippen MR) is 105 cm³/mol. The van der Waals surface area contributed by atoms with Crippen molar-refractivity contribution in [1.29, 1.82) is 0 Å². The van der Waals surface area contributed by atoms with Crippen LogP contribution in [0.1, 0.15) is 53.5 Å². The minimum atomic E-state index is -0.455. The van der Waals surface area contributed by atoms with Gasteiger partial charge in [-0.05, 0) is 29.2 Å². The summed E-state index contributed by atoms with van der Waals surface area (Å²) in [6.45, 7) is 6.22. The number of hydrogen-bond donors (Lipinski definition) is 1. The van der Waals surface area contributed by atoms with Crippen LogP contribution in [0, 0.1) is 0 Å². The number of nitrogens with zero attached hydrogens (tertiary/aromatic N) is 1. The lowest BCUT2D eigenvalue weighted by atomic mass is 9.86. The second-order valence-corrected chi connectivity index (χ2v) is 7.93. The number of hydrogen-bond acceptors (Lipinski definition) is 3. The van der Waals surface area contributed by atoms with Crippen LogP contribution in [-0.2, 0) is 10.2 Å². The summed E-state index contributed by atoms with van der Waals surface area (Å²) >= 11 is 6.05. The first kappa shape index (κ1) is 19.1. The summed E-state index contributed by atoms with van der Waals surface area (Å²) in [5.41, 5.74) is 2.13. The number of amides is 3. The average Bonchev–Trinajstić information content (AvgIpc) is 2.84. The van der Waals surface area contributed by atoms with Gasteiger partial charge in [0.2, 0.25) is 5.91 Å². The molecule has 3 rings (SSSR count). The summed E-state index contributed by atoms with van der Waals surface area (Å²) in [7, 11) is 0. The summed E-state index contributed by atoms with van der Waals surface area (Å²) in [4.78, 5) is 38.4. The highest BCUT2D eigenvalue weighted by atomic mass is 35.5. The van der Waals surface area contributed by atoms with Crippen LogP contribution >= 0.6 is 11.6 Å². The number of carbonyl (C=O) groups excluding carboxylic acids is 3. The Morgan fingerprint density at radius 1 is 1.04 bits per heavy atom. The lowest BCUT2D eigenvalue weighted by Gasteiger charge is -2.23. The van der Waals surface area contributed by atoms with E-state index < -0.39 is 11.8 Å². The van der Waals surface area contributed by atoms with Crippen LogP contribution < -0.4 is 5.32 Å². The number of benzene rings is 2. The first-order chi connectivity index (χ1) is 12.7. The van der Waals surface area contributed by atoms with Crippen molar-refractivity contribution in [1.82, 2.24) is 4.90 Å². The van der Waals surface area contributed by atoms with Crippen LogP contribution in [0.2, 0.25) is 5.02 Å². The third kappa shape index (κ3) is 3.74. The quantitative estimate of drug-likeness (QED) is 0.801. The van der Waals surface area contributed by atoms with Crippen LogP contribution in [0.5, 0.6) is 0 Å². The lowest BCUT2D eigenvalue weighted by molar-refractivity contribution is -0.116. The molecule has 0 saturated heterocycles. The Morgan fingerprint density at radius 2 is 1.74 bits per heavy atom. The van der Waals surface area contributed by atoms with Crippen molar-refractivity contribution in [2.24, 2.45) is 0 Å². The van der Waals surface area contributed by atoms with Gasteiger partial charge in [0.1, 0.15) is 0 Å². The molecule has 27 heavy (non-hydrogen) atoms. The maximum Gasteiger partial charge on any atom is 0.263 e. The van der Waals surface area contributed by atoms with E-state index in [2.05, 4.69) is 26.1 Å². The molecule has 2 aromatic carbocycles. The van der Waals surface area contributed by atoms with Gasteiger partial charge in [0.25, 0.3) is 11.8 Å². The first-order valence-corrected chi connectivity index (χ1v) is 9.12. The Hall–Kier alpha value is -2.66. The van der Waals surface area contributed by atoms with Gasteiger partial charge in [-0.15, -0.1) is 0 Å². The minimum Gasteiger partial charge on any atom is -0.326 e. The molecular weight excluding hydrogens is 364 g/mol. The molecule has 0 unspecified atom stereocenters. The van der Waals surface area contributed by atoms with Gasteiger partial charge in [-0.3, -0.25) is 19.3 Å². The monoisotopic (exact) mass is 384 g/mol. The molecule has 6 heteroatoms. The van der Waals surface area contributed by atoms with E-state index in [0.29, 0.717) is 0 Å². The molecule has 1 N–H and O–H groups in total. The van der Waals surface area contributed by atoms with Crippen molar-refractivity contribution in [3.8, 4) is 0 Å². The fourth-order valence-corrected chi connectivity index (χ4v) is 3.42. The highest BCUT2D eigenvalue weighted by Gasteiger charge is 2.37. The number of carbonyl (C=O) groups is 3. The summed E-state index contributed by atoms with van der Waals surface area (Å²) in [6.07, 6.45) is 0.0154. The van der Waals surface area contributed by atoms with Crippen molar-refractivity contribution in [3.05, 3.63) is 64.2 Å². The number of imide groups is 1. The fourth-order valence-electron chi connectivity index (χ4n) is 3.17. The van der Waals surface area contributed by atoms with Crippen molar-refractivity contribution in [2.75, 3.05) is 11.9 Å². The number of anilines is 1. The van der Waals surface area contributed by atoms with Crippen LogP contribution in [0.4, 0.5) is 5.69 Å². The number of para-hydroxylation sites is 1. The molecular formula is C21H21ClN2O3. The van der Waals surface area contributed by atoms with Gasteiger partial charge in [0.05, 0.1) is 16.1 Å². The third-order valence-corrected chi connectivity index (χ3v) is 4.83. The van der Waals surface area contributed by atoms with Gasteiger partial charge < -0.3 is 5.32 Å². The van der Waals surface area contributed by atoms with Gasteiger partial charge in [-0.2, -0.15) is 0 Å². The molecule has 0 aliphatic carbocycles. The zero-order valence-electron chi connectivity index (χ0n) is 15.5. The third-order valence-electron chi connectivity index (χ3n) is 4.52. The average molecular weight is 385 g/mol. The maximum atomic E-state index is 12.5. The van der Waals surface area contributed by atoms with E-state index in [1.165, 1.54) is 0 Å². The highest BCUT2D eigenvalue weighted by Crippen LogP contribution is 2.30. The predicted octanol–water partition coefficient (Wildman–Crippen LogP) is 4.26. The van der Waals surface area contributed by atoms with Crippen molar-refractivity contribution < 1.29 is 14.4 Å². The Balaban J connectivity index is 1.69. The summed E-state index contributed by atoms with van der Waals surface area (Å²) in [5, 5.41) is 3.14. The molecule has 0 radical (unpaired) electrons. The molecule has 5 nitrogen and oxygen atoms in total. The Kier molecular flexibility index (Phi) is 5.07. The zero-order valence-corrected chi connectivity index (χ0v) is 16.3. The van der Waals surface area contributed by atoms with E-state index in [0.717, 1.165) is 16.2 Å². The van der Waals surface area contributed by atoms with Gasteiger partial charge >= 0.3 is 0 Å². The summed E-state index contributed by atoms with van der Waals surface area (Å²) in [5.74, 6) is -1.13. The van der Waals surface area contributed by atoms with Crippen molar-refractivity contribution in [3.63, 3.8) is 0 Å². The molecule has 1 aliphatic heterocycles. The van der Waals surface area contributed by atoms with E-state index in [4.69, 9.17) is 11.6 Å². The Labute approximate surface area is 163 Å². The lowest BCUT2D eigenvalue weighted by Crippen LogP contribution is -2.33. The molecule has 0 spiro atoms. The molecule has 0 fully saturated rings. The fraction of sp³-hybridized carbons (Fsp3) is 0.286. The van der Waals surface area contributed by atoms with E-state index >= 15 is 0 Å². The summed E-state index contributed by atoms with van der Waals surface area (Å²) in [6, 6.07) is 12.4. The first-order valence-electron chi connectivity index (χ1n) is 8.74. The standard InChI is InChI=1S/C21H21ClN2O3/c1-21(2,3)14-8-4-5-10-16(14)23-17(25)11-12-24-19(26)13-7-6-9-15(22)18(13)20(24)27/h4-10H,11-12H2,1-3H3,(H,23,25). The van der Waals surface area contributed by atoms with Gasteiger partial charge in [0.15, 0.2) is 0 Å². The van der Waals surface area contributed by atoms with Crippen LogP contribution in [-0.4, -0.2) is 29.2 Å². The van der Waals surface area contributed by atoms with Crippen molar-refractivity contribution in [2.45, 2.75) is 32.6 Å². The molecule has 2 aromatic rings. The number of nitrogens with one attached hydrogen (secondary N) is 1. The van der Waals surface area contributed by atoms with E-state index in [1.807, 2.05) is 24.3 Å². The molecule has 0 aromatic heterocycles. The van der Waals surface area contributed by atoms with E-state index in [-0.39, 0.29) is 40.4 Å². The minimum absolute atomic E-state index is 0.00614. The van der Waals surface area contributed by atoms with Crippen LogP contribution in [0.25, 0.3) is 0 Å². The largest absolute Gasteiger partial charge is 0.326 e. The molecule has 0 bridgehead atoms. The maximum absolute atomic E-state index is 12.5. The van der Waals surface area contributed by atoms with Crippen LogP contribution in [0.15, 0.2) is 42.5 Å². The van der Waals surface area contributed by atoms with Crippen LogP contribution in [0.3, 0.4) is 0 Å². The molecule has 1 aliphatic rings. The Bertz CT molecular complexity index is 931. The zero-order chi connectivity index (χ0) is 19.8. The van der Waals surface area contributed by atoms with Gasteiger partial charge in [-0.1, -0.05) is 56.6 Å². The molecule has 3 amide bonds. The number of halogens is 1. The summed E-state index contributed by atoms with van der Waals surface area (Å²) < 4.78 is 0. The molecule has 0 saturated carbocycles. The highest BCUT2D eigenvalue weighted by molar-refractivity contribution is 6.37. The SMILES string of the molecule is CC(C)(C)c1ccccc1NC(=O)CCN1C(=O)c2cccc(Cl)c2C1=O.